The van der Waals surface area contributed by atoms with E-state index in [1.165, 1.54) is 12.8 Å². The molecule has 1 aliphatic heterocycles. The van der Waals surface area contributed by atoms with E-state index in [0.717, 1.165) is 29.2 Å². The van der Waals surface area contributed by atoms with Gasteiger partial charge in [-0.15, -0.1) is 0 Å². The maximum absolute atomic E-state index is 13.2. The molecule has 3 aliphatic rings. The van der Waals surface area contributed by atoms with Crippen LogP contribution in [0.15, 0.2) is 12.1 Å². The topological polar surface area (TPSA) is 86.9 Å². The first-order valence-corrected chi connectivity index (χ1v) is 10.7. The molecule has 2 aromatic heterocycles. The largest absolute Gasteiger partial charge is 0.433 e. The fourth-order valence-electron chi connectivity index (χ4n) is 4.24. The summed E-state index contributed by atoms with van der Waals surface area (Å²) in [4.78, 5) is 24.9. The Morgan fingerprint density at radius 2 is 1.97 bits per heavy atom. The van der Waals surface area contributed by atoms with Crippen LogP contribution in [-0.2, 0) is 11.0 Å². The van der Waals surface area contributed by atoms with Crippen molar-refractivity contribution in [2.24, 2.45) is 11.8 Å². The molecule has 3 fully saturated rings. The number of hydrogen-bond acceptors (Lipinski definition) is 4. The van der Waals surface area contributed by atoms with Crippen LogP contribution in [0, 0.1) is 11.8 Å². The summed E-state index contributed by atoms with van der Waals surface area (Å²) in [6, 6.07) is 0.999. The SMILES string of the molecule is O=C1CN(C(=O)c2nn3c(C(F)(F)F)cc(C(F)F)cc3c2Cl)CCN1.O[C@@H]1CCC2CC21.S. The van der Waals surface area contributed by atoms with Crippen molar-refractivity contribution >= 4 is 42.4 Å². The predicted molar refractivity (Wildman–Crippen MR) is 116 cm³/mol. The van der Waals surface area contributed by atoms with E-state index in [9.17, 15) is 31.5 Å². The number of piperazine rings is 1. The fraction of sp³-hybridized carbons (Fsp3) is 0.550. The summed E-state index contributed by atoms with van der Waals surface area (Å²) in [6.07, 6.45) is -4.38. The summed E-state index contributed by atoms with van der Waals surface area (Å²) in [6.45, 7) is -0.0282. The third kappa shape index (κ3) is 5.25. The van der Waals surface area contributed by atoms with E-state index in [1.807, 2.05) is 0 Å². The Hall–Kier alpha value is -2.12. The van der Waals surface area contributed by atoms with Crippen LogP contribution in [-0.4, -0.2) is 57.2 Å². The lowest BCUT2D eigenvalue weighted by atomic mass is 10.2. The molecule has 1 saturated heterocycles. The first-order chi connectivity index (χ1) is 15.5. The highest BCUT2D eigenvalue weighted by Crippen LogP contribution is 2.51. The molecule has 2 aliphatic carbocycles. The lowest BCUT2D eigenvalue weighted by Crippen LogP contribution is -2.50. The number of hydrogen-bond donors (Lipinski definition) is 2. The van der Waals surface area contributed by atoms with Crippen molar-refractivity contribution < 1.29 is 36.6 Å². The van der Waals surface area contributed by atoms with Crippen LogP contribution in [0.3, 0.4) is 0 Å². The summed E-state index contributed by atoms with van der Waals surface area (Å²) in [7, 11) is 0. The average molecular weight is 529 g/mol. The first kappa shape index (κ1) is 26.5. The molecule has 3 heterocycles. The van der Waals surface area contributed by atoms with Gasteiger partial charge in [0.15, 0.2) is 5.69 Å². The van der Waals surface area contributed by atoms with E-state index >= 15 is 0 Å². The second-order valence-corrected chi connectivity index (χ2v) is 8.69. The number of aliphatic hydroxyl groups is 1. The molecule has 2 N–H and O–H groups in total. The van der Waals surface area contributed by atoms with Crippen LogP contribution in [0.25, 0.3) is 5.52 Å². The summed E-state index contributed by atoms with van der Waals surface area (Å²) in [5, 5.41) is 14.6. The first-order valence-electron chi connectivity index (χ1n) is 10.3. The molecular formula is C20H22ClF5N4O3S. The molecule has 0 aromatic carbocycles. The minimum Gasteiger partial charge on any atom is -0.393 e. The Morgan fingerprint density at radius 1 is 1.26 bits per heavy atom. The van der Waals surface area contributed by atoms with Gasteiger partial charge in [0.25, 0.3) is 12.3 Å². The Kier molecular flexibility index (Phi) is 7.68. The minimum absolute atomic E-state index is 0. The van der Waals surface area contributed by atoms with E-state index in [2.05, 4.69) is 10.4 Å². The number of halogens is 6. The Labute approximate surface area is 202 Å². The highest BCUT2D eigenvalue weighted by molar-refractivity contribution is 7.59. The van der Waals surface area contributed by atoms with Crippen LogP contribution in [0.1, 0.15) is 47.4 Å². The lowest BCUT2D eigenvalue weighted by molar-refractivity contribution is -0.142. The fourth-order valence-corrected chi connectivity index (χ4v) is 4.49. The van der Waals surface area contributed by atoms with E-state index in [1.54, 1.807) is 0 Å². The third-order valence-corrected chi connectivity index (χ3v) is 6.44. The van der Waals surface area contributed by atoms with Crippen molar-refractivity contribution in [2.75, 3.05) is 19.6 Å². The normalized spacial score (nSPS) is 23.7. The highest BCUT2D eigenvalue weighted by Gasteiger charge is 2.47. The number of rotatable bonds is 2. The number of aliphatic hydroxyl groups excluding tert-OH is 1. The zero-order valence-electron chi connectivity index (χ0n) is 17.6. The molecule has 7 nitrogen and oxygen atoms in total. The number of aromatic nitrogens is 2. The smallest absolute Gasteiger partial charge is 0.393 e. The van der Waals surface area contributed by atoms with Gasteiger partial charge in [0, 0.05) is 18.7 Å². The molecule has 34 heavy (non-hydrogen) atoms. The molecule has 2 aromatic rings. The number of carbonyl (C=O) groups is 2. The maximum Gasteiger partial charge on any atom is 0.433 e. The predicted octanol–water partition coefficient (Wildman–Crippen LogP) is 3.41. The standard InChI is InChI=1S/C14H10ClF5N4O2.C6H10O.H2S/c15-10-7-3-6(12(16)17)4-8(14(18,19)20)24(7)22-11(10)13(26)23-2-1-21-9(25)5-23;7-6-2-1-4-3-5(4)6;/h3-4,12H,1-2,5H2,(H,21,25);4-7H,1-3H2;1H2/t;4?,5?,6-;/m.1./s1. The lowest BCUT2D eigenvalue weighted by Gasteiger charge is -2.25. The number of nitrogens with zero attached hydrogens (tertiary/aromatic N) is 3. The third-order valence-electron chi connectivity index (χ3n) is 6.07. The van der Waals surface area contributed by atoms with Gasteiger partial charge in [0.2, 0.25) is 5.91 Å². The Morgan fingerprint density at radius 3 is 2.44 bits per heavy atom. The zero-order chi connectivity index (χ0) is 24.1. The molecule has 0 radical (unpaired) electrons. The van der Waals surface area contributed by atoms with Crippen molar-refractivity contribution in [3.05, 3.63) is 34.1 Å². The van der Waals surface area contributed by atoms with Crippen LogP contribution < -0.4 is 5.32 Å². The molecular weight excluding hydrogens is 507 g/mol. The van der Waals surface area contributed by atoms with Gasteiger partial charge in [-0.2, -0.15) is 31.8 Å². The molecule has 2 unspecified atom stereocenters. The quantitative estimate of drug-likeness (QED) is 0.585. The summed E-state index contributed by atoms with van der Waals surface area (Å²) >= 11 is 5.96. The average Bonchev–Trinajstić information content (AvgIpc) is 3.35. The summed E-state index contributed by atoms with van der Waals surface area (Å²) in [5.74, 6) is 0.371. The number of nitrogens with one attached hydrogen (secondary N) is 1. The Balaban J connectivity index is 0.000000342. The van der Waals surface area contributed by atoms with Crippen LogP contribution in [0.5, 0.6) is 0 Å². The number of fused-ring (bicyclic) bond motifs is 2. The van der Waals surface area contributed by atoms with Crippen molar-refractivity contribution in [1.29, 1.82) is 0 Å². The second kappa shape index (κ2) is 9.86. The van der Waals surface area contributed by atoms with Crippen LogP contribution in [0.4, 0.5) is 22.0 Å². The van der Waals surface area contributed by atoms with Gasteiger partial charge in [-0.05, 0) is 43.2 Å². The van der Waals surface area contributed by atoms with E-state index in [0.29, 0.717) is 4.52 Å². The van der Waals surface area contributed by atoms with Crippen LogP contribution in [0.2, 0.25) is 5.02 Å². The molecule has 188 valence electrons. The van der Waals surface area contributed by atoms with Gasteiger partial charge in [0.1, 0.15) is 5.69 Å². The van der Waals surface area contributed by atoms with Crippen molar-refractivity contribution in [3.63, 3.8) is 0 Å². The van der Waals surface area contributed by atoms with Gasteiger partial charge < -0.3 is 15.3 Å². The molecule has 0 bridgehead atoms. The second-order valence-electron chi connectivity index (χ2n) is 8.31. The molecule has 2 saturated carbocycles. The summed E-state index contributed by atoms with van der Waals surface area (Å²) < 4.78 is 65.8. The van der Waals surface area contributed by atoms with Crippen molar-refractivity contribution in [2.45, 2.75) is 38.0 Å². The molecule has 14 heteroatoms. The summed E-state index contributed by atoms with van der Waals surface area (Å²) in [5.41, 5.74) is -3.40. The minimum atomic E-state index is -5.00. The number of amides is 2. The van der Waals surface area contributed by atoms with E-state index in [-0.39, 0.29) is 45.3 Å². The van der Waals surface area contributed by atoms with E-state index < -0.39 is 51.9 Å². The van der Waals surface area contributed by atoms with Crippen molar-refractivity contribution in [1.82, 2.24) is 19.8 Å². The van der Waals surface area contributed by atoms with E-state index in [4.69, 9.17) is 16.7 Å². The number of carbonyl (C=O) groups excluding carboxylic acids is 2. The van der Waals surface area contributed by atoms with Crippen molar-refractivity contribution in [3.8, 4) is 0 Å². The maximum atomic E-state index is 13.2. The molecule has 0 spiro atoms. The van der Waals surface area contributed by atoms with Gasteiger partial charge >= 0.3 is 6.18 Å². The van der Waals surface area contributed by atoms with Gasteiger partial charge in [0.05, 0.1) is 23.2 Å². The highest BCUT2D eigenvalue weighted by atomic mass is 35.5. The Bertz CT molecular complexity index is 1100. The number of pyridine rings is 1. The van der Waals surface area contributed by atoms with Crippen LogP contribution >= 0.6 is 25.1 Å². The molecule has 5 rings (SSSR count). The number of alkyl halides is 5. The van der Waals surface area contributed by atoms with Gasteiger partial charge in [-0.3, -0.25) is 9.59 Å². The molecule has 3 atom stereocenters. The van der Waals surface area contributed by atoms with Gasteiger partial charge in [-0.25, -0.2) is 13.3 Å². The van der Waals surface area contributed by atoms with Gasteiger partial charge in [-0.1, -0.05) is 11.6 Å². The zero-order valence-corrected chi connectivity index (χ0v) is 19.3. The monoisotopic (exact) mass is 528 g/mol. The molecule has 2 amide bonds.